The lowest BCUT2D eigenvalue weighted by Gasteiger charge is -2.28. The lowest BCUT2D eigenvalue weighted by Crippen LogP contribution is -2.27. The first kappa shape index (κ1) is 11.1. The lowest BCUT2D eigenvalue weighted by atomic mass is 9.95. The molecule has 2 nitrogen and oxygen atoms in total. The van der Waals surface area contributed by atoms with Gasteiger partial charge in [-0.25, -0.2) is 4.98 Å². The number of ether oxygens (including phenoxy) is 1. The Morgan fingerprint density at radius 1 is 1.27 bits per heavy atom. The summed E-state index contributed by atoms with van der Waals surface area (Å²) in [5.41, 5.74) is -0.0740. The first-order chi connectivity index (χ1) is 7.27. The van der Waals surface area contributed by atoms with E-state index < -0.39 is 0 Å². The van der Waals surface area contributed by atoms with Gasteiger partial charge in [-0.05, 0) is 19.8 Å². The molecule has 0 aromatic carbocycles. The molecule has 0 spiro atoms. The van der Waals surface area contributed by atoms with Gasteiger partial charge in [-0.3, -0.25) is 0 Å². The van der Waals surface area contributed by atoms with Gasteiger partial charge in [0.05, 0.1) is 0 Å². The summed E-state index contributed by atoms with van der Waals surface area (Å²) in [5, 5.41) is 1.18. The first-order valence-electron chi connectivity index (χ1n) is 5.75. The van der Waals surface area contributed by atoms with Gasteiger partial charge in [0.25, 0.3) is 0 Å². The highest BCUT2D eigenvalue weighted by Crippen LogP contribution is 2.40. The third kappa shape index (κ3) is 2.23. The number of hydrogen-bond donors (Lipinski definition) is 0. The summed E-state index contributed by atoms with van der Waals surface area (Å²) in [5.74, 6) is 0. The van der Waals surface area contributed by atoms with E-state index in [1.165, 1.54) is 35.6 Å². The van der Waals surface area contributed by atoms with Crippen molar-refractivity contribution in [1.29, 1.82) is 0 Å². The number of aryl methyl sites for hydroxylation is 1. The number of nitrogens with zero attached hydrogens (tertiary/aromatic N) is 1. The van der Waals surface area contributed by atoms with Gasteiger partial charge in [0.1, 0.15) is 10.6 Å². The van der Waals surface area contributed by atoms with Crippen LogP contribution < -0.4 is 0 Å². The van der Waals surface area contributed by atoms with Crippen LogP contribution in [0.1, 0.15) is 48.4 Å². The summed E-state index contributed by atoms with van der Waals surface area (Å²) in [6.45, 7) is 2.11. The summed E-state index contributed by atoms with van der Waals surface area (Å²) in [4.78, 5) is 5.80. The minimum atomic E-state index is -0.0740. The van der Waals surface area contributed by atoms with Crippen molar-refractivity contribution in [3.05, 3.63) is 16.1 Å². The van der Waals surface area contributed by atoms with Crippen molar-refractivity contribution in [3.8, 4) is 0 Å². The molecular formula is C12H19NOS. The summed E-state index contributed by atoms with van der Waals surface area (Å²) < 4.78 is 5.81. The second-order valence-electron chi connectivity index (χ2n) is 4.39. The molecule has 0 amide bonds. The minimum absolute atomic E-state index is 0.0740. The van der Waals surface area contributed by atoms with Crippen LogP contribution in [0.5, 0.6) is 0 Å². The van der Waals surface area contributed by atoms with Crippen LogP contribution in [0.15, 0.2) is 6.20 Å². The summed E-state index contributed by atoms with van der Waals surface area (Å²) >= 11 is 1.79. The van der Waals surface area contributed by atoms with E-state index in [1.807, 2.05) is 13.3 Å². The highest BCUT2D eigenvalue weighted by Gasteiger charge is 2.35. The third-order valence-corrected chi connectivity index (χ3v) is 4.41. The number of methoxy groups -OCH3 is 1. The maximum absolute atomic E-state index is 5.81. The Hall–Kier alpha value is -0.410. The van der Waals surface area contributed by atoms with Crippen molar-refractivity contribution in [3.63, 3.8) is 0 Å². The smallest absolute Gasteiger partial charge is 0.125 e. The molecule has 0 aliphatic heterocycles. The van der Waals surface area contributed by atoms with Crippen LogP contribution in [0, 0.1) is 6.92 Å². The first-order valence-corrected chi connectivity index (χ1v) is 6.56. The molecule has 0 atom stereocenters. The fourth-order valence-electron chi connectivity index (χ4n) is 2.37. The Morgan fingerprint density at radius 3 is 2.40 bits per heavy atom. The molecule has 0 unspecified atom stereocenters. The second-order valence-corrected chi connectivity index (χ2v) is 5.62. The van der Waals surface area contributed by atoms with Crippen LogP contribution in [0.25, 0.3) is 0 Å². The van der Waals surface area contributed by atoms with Crippen LogP contribution >= 0.6 is 11.3 Å². The molecule has 0 radical (unpaired) electrons. The van der Waals surface area contributed by atoms with Gasteiger partial charge >= 0.3 is 0 Å². The fourth-order valence-corrected chi connectivity index (χ4v) is 3.36. The second kappa shape index (κ2) is 4.62. The van der Waals surface area contributed by atoms with Gasteiger partial charge < -0.3 is 4.74 Å². The lowest BCUT2D eigenvalue weighted by molar-refractivity contribution is -0.0279. The van der Waals surface area contributed by atoms with Gasteiger partial charge in [-0.2, -0.15) is 0 Å². The molecule has 1 aromatic rings. The summed E-state index contributed by atoms with van der Waals surface area (Å²) in [6, 6.07) is 0. The van der Waals surface area contributed by atoms with Gasteiger partial charge in [0.2, 0.25) is 0 Å². The Kier molecular flexibility index (Phi) is 3.42. The van der Waals surface area contributed by atoms with Crippen LogP contribution in [0.3, 0.4) is 0 Å². The van der Waals surface area contributed by atoms with E-state index in [0.29, 0.717) is 0 Å². The van der Waals surface area contributed by atoms with Gasteiger partial charge in [-0.1, -0.05) is 25.7 Å². The Morgan fingerprint density at radius 2 is 1.93 bits per heavy atom. The molecule has 1 aliphatic rings. The molecular weight excluding hydrogens is 206 g/mol. The largest absolute Gasteiger partial charge is 0.371 e. The molecule has 1 fully saturated rings. The highest BCUT2D eigenvalue weighted by molar-refractivity contribution is 7.11. The van der Waals surface area contributed by atoms with Crippen LogP contribution in [0.2, 0.25) is 0 Å². The summed E-state index contributed by atoms with van der Waals surface area (Å²) in [7, 11) is 1.84. The van der Waals surface area contributed by atoms with E-state index in [1.54, 1.807) is 11.3 Å². The van der Waals surface area contributed by atoms with Crippen molar-refractivity contribution in [2.24, 2.45) is 0 Å². The standard InChI is InChI=1S/C12H19NOS/c1-10-9-13-11(15-10)12(14-2)7-5-3-4-6-8-12/h9H,3-8H2,1-2H3. The molecule has 84 valence electrons. The zero-order valence-corrected chi connectivity index (χ0v) is 10.4. The van der Waals surface area contributed by atoms with E-state index >= 15 is 0 Å². The highest BCUT2D eigenvalue weighted by atomic mass is 32.1. The van der Waals surface area contributed by atoms with Crippen molar-refractivity contribution in [1.82, 2.24) is 4.98 Å². The molecule has 3 heteroatoms. The van der Waals surface area contributed by atoms with E-state index in [4.69, 9.17) is 4.74 Å². The monoisotopic (exact) mass is 225 g/mol. The van der Waals surface area contributed by atoms with Crippen molar-refractivity contribution in [2.45, 2.75) is 51.0 Å². The Bertz CT molecular complexity index is 313. The number of thiazole rings is 1. The molecule has 1 aliphatic carbocycles. The predicted molar refractivity (Wildman–Crippen MR) is 63.2 cm³/mol. The van der Waals surface area contributed by atoms with E-state index in [-0.39, 0.29) is 5.60 Å². The fraction of sp³-hybridized carbons (Fsp3) is 0.750. The van der Waals surface area contributed by atoms with Crippen molar-refractivity contribution in [2.75, 3.05) is 7.11 Å². The molecule has 0 bridgehead atoms. The van der Waals surface area contributed by atoms with Crippen molar-refractivity contribution < 1.29 is 4.74 Å². The van der Waals surface area contributed by atoms with Gasteiger partial charge in [0, 0.05) is 18.2 Å². The number of rotatable bonds is 2. The van der Waals surface area contributed by atoms with E-state index in [9.17, 15) is 0 Å². The molecule has 0 N–H and O–H groups in total. The topological polar surface area (TPSA) is 22.1 Å². The number of hydrogen-bond acceptors (Lipinski definition) is 3. The van der Waals surface area contributed by atoms with E-state index in [2.05, 4.69) is 11.9 Å². The van der Waals surface area contributed by atoms with Crippen molar-refractivity contribution >= 4 is 11.3 Å². The quantitative estimate of drug-likeness (QED) is 0.717. The predicted octanol–water partition coefficient (Wildman–Crippen LogP) is 3.65. The molecule has 15 heavy (non-hydrogen) atoms. The maximum atomic E-state index is 5.81. The normalized spacial score (nSPS) is 21.2. The molecule has 1 saturated carbocycles. The Balaban J connectivity index is 2.26. The number of aromatic nitrogens is 1. The third-order valence-electron chi connectivity index (χ3n) is 3.31. The van der Waals surface area contributed by atoms with Crippen LogP contribution in [-0.4, -0.2) is 12.1 Å². The molecule has 2 rings (SSSR count). The van der Waals surface area contributed by atoms with Gasteiger partial charge in [-0.15, -0.1) is 11.3 Å². The van der Waals surface area contributed by atoms with Crippen LogP contribution in [-0.2, 0) is 10.3 Å². The maximum Gasteiger partial charge on any atom is 0.125 e. The zero-order valence-electron chi connectivity index (χ0n) is 9.58. The molecule has 0 saturated heterocycles. The SMILES string of the molecule is COC1(c2ncc(C)s2)CCCCCC1. The van der Waals surface area contributed by atoms with Gasteiger partial charge in [0.15, 0.2) is 0 Å². The van der Waals surface area contributed by atoms with E-state index in [0.717, 1.165) is 12.8 Å². The summed E-state index contributed by atoms with van der Waals surface area (Å²) in [6.07, 6.45) is 9.46. The Labute approximate surface area is 95.7 Å². The zero-order chi connectivity index (χ0) is 10.7. The van der Waals surface area contributed by atoms with Crippen LogP contribution in [0.4, 0.5) is 0 Å². The average molecular weight is 225 g/mol. The molecule has 1 aromatic heterocycles. The minimum Gasteiger partial charge on any atom is -0.371 e. The molecule has 1 heterocycles. The average Bonchev–Trinajstić information content (AvgIpc) is 2.56.